The molecule has 0 radical (unpaired) electrons. The van der Waals surface area contributed by atoms with E-state index < -0.39 is 0 Å². The summed E-state index contributed by atoms with van der Waals surface area (Å²) in [6.07, 6.45) is 0.678. The molecule has 0 spiro atoms. The highest BCUT2D eigenvalue weighted by molar-refractivity contribution is 6.30. The van der Waals surface area contributed by atoms with Crippen molar-refractivity contribution in [1.29, 1.82) is 0 Å². The van der Waals surface area contributed by atoms with E-state index in [1.54, 1.807) is 0 Å². The molecule has 2 unspecified atom stereocenters. The molecule has 20 heavy (non-hydrogen) atoms. The summed E-state index contributed by atoms with van der Waals surface area (Å²) >= 11 is 6.00. The molecule has 0 aliphatic heterocycles. The highest BCUT2D eigenvalue weighted by Crippen LogP contribution is 2.27. The summed E-state index contributed by atoms with van der Waals surface area (Å²) in [6, 6.07) is 15.6. The maximum absolute atomic E-state index is 6.23. The van der Waals surface area contributed by atoms with Crippen molar-refractivity contribution in [1.82, 2.24) is 0 Å². The summed E-state index contributed by atoms with van der Waals surface area (Å²) < 4.78 is 6.08. The van der Waals surface area contributed by atoms with E-state index in [-0.39, 0.29) is 12.1 Å². The molecule has 0 aliphatic carbocycles. The molecule has 2 aromatic carbocycles. The van der Waals surface area contributed by atoms with Gasteiger partial charge in [-0.15, -0.1) is 0 Å². The quantitative estimate of drug-likeness (QED) is 0.879. The first-order valence-electron chi connectivity index (χ1n) is 6.84. The first-order chi connectivity index (χ1) is 9.60. The predicted octanol–water partition coefficient (Wildman–Crippen LogP) is 4.51. The Labute approximate surface area is 125 Å². The fraction of sp³-hybridized carbons (Fsp3) is 0.294. The Hall–Kier alpha value is -1.51. The Morgan fingerprint density at radius 1 is 1.15 bits per heavy atom. The Morgan fingerprint density at radius 2 is 1.90 bits per heavy atom. The molecule has 2 N–H and O–H groups in total. The Balaban J connectivity index is 2.29. The van der Waals surface area contributed by atoms with E-state index in [4.69, 9.17) is 22.1 Å². The van der Waals surface area contributed by atoms with Crippen LogP contribution in [0.1, 0.15) is 30.6 Å². The van der Waals surface area contributed by atoms with Gasteiger partial charge in [0.2, 0.25) is 0 Å². The topological polar surface area (TPSA) is 35.2 Å². The smallest absolute Gasteiger partial charge is 0.139 e. The molecule has 3 heteroatoms. The van der Waals surface area contributed by atoms with E-state index in [1.807, 2.05) is 30.3 Å². The number of halogens is 1. The van der Waals surface area contributed by atoms with Crippen molar-refractivity contribution in [3.63, 3.8) is 0 Å². The van der Waals surface area contributed by atoms with Gasteiger partial charge in [0.15, 0.2) is 0 Å². The molecule has 2 nitrogen and oxygen atoms in total. The van der Waals surface area contributed by atoms with Crippen LogP contribution in [-0.2, 0) is 0 Å². The van der Waals surface area contributed by atoms with Crippen LogP contribution in [0.2, 0.25) is 5.02 Å². The normalized spacial score (nSPS) is 13.8. The van der Waals surface area contributed by atoms with Crippen LogP contribution < -0.4 is 10.5 Å². The number of rotatable bonds is 5. The summed E-state index contributed by atoms with van der Waals surface area (Å²) in [6.45, 7) is 4.13. The Morgan fingerprint density at radius 3 is 2.55 bits per heavy atom. The van der Waals surface area contributed by atoms with Gasteiger partial charge in [-0.1, -0.05) is 54.4 Å². The minimum atomic E-state index is -0.168. The summed E-state index contributed by atoms with van der Waals surface area (Å²) in [5.41, 5.74) is 8.52. The standard InChI is InChI=1S/C17H20ClNO/c1-3-16(19)17(13-7-4-6-12(2)10-13)20-15-9-5-8-14(18)11-15/h4-11,16-17H,3,19H2,1-2H3. The molecule has 0 heterocycles. The third-order valence-electron chi connectivity index (χ3n) is 3.29. The van der Waals surface area contributed by atoms with Crippen LogP contribution in [0, 0.1) is 6.92 Å². The van der Waals surface area contributed by atoms with Gasteiger partial charge in [-0.05, 0) is 37.1 Å². The van der Waals surface area contributed by atoms with Crippen LogP contribution in [0.15, 0.2) is 48.5 Å². The van der Waals surface area contributed by atoms with Crippen LogP contribution in [0.25, 0.3) is 0 Å². The van der Waals surface area contributed by atoms with Crippen molar-refractivity contribution in [2.24, 2.45) is 5.73 Å². The second kappa shape index (κ2) is 6.78. The Bertz CT molecular complexity index is 570. The molecule has 0 saturated heterocycles. The monoisotopic (exact) mass is 289 g/mol. The van der Waals surface area contributed by atoms with E-state index in [0.717, 1.165) is 17.7 Å². The van der Waals surface area contributed by atoms with Gasteiger partial charge in [0.25, 0.3) is 0 Å². The van der Waals surface area contributed by atoms with Gasteiger partial charge in [0.1, 0.15) is 11.9 Å². The van der Waals surface area contributed by atoms with Gasteiger partial charge in [-0.25, -0.2) is 0 Å². The van der Waals surface area contributed by atoms with Crippen molar-refractivity contribution in [2.75, 3.05) is 0 Å². The summed E-state index contributed by atoms with van der Waals surface area (Å²) in [5.74, 6) is 0.743. The zero-order valence-electron chi connectivity index (χ0n) is 11.8. The molecule has 0 aliphatic rings. The number of ether oxygens (including phenoxy) is 1. The summed E-state index contributed by atoms with van der Waals surface area (Å²) in [5, 5.41) is 0.663. The summed E-state index contributed by atoms with van der Waals surface area (Å²) in [7, 11) is 0. The van der Waals surface area contributed by atoms with Crippen LogP contribution >= 0.6 is 11.6 Å². The van der Waals surface area contributed by atoms with Gasteiger partial charge >= 0.3 is 0 Å². The van der Waals surface area contributed by atoms with Crippen molar-refractivity contribution < 1.29 is 4.74 Å². The lowest BCUT2D eigenvalue weighted by Gasteiger charge is -2.25. The molecular formula is C17H20ClNO. The maximum Gasteiger partial charge on any atom is 0.139 e. The fourth-order valence-electron chi connectivity index (χ4n) is 2.15. The molecule has 0 fully saturated rings. The van der Waals surface area contributed by atoms with E-state index in [1.165, 1.54) is 5.56 Å². The fourth-order valence-corrected chi connectivity index (χ4v) is 2.33. The molecule has 2 atom stereocenters. The summed E-state index contributed by atoms with van der Waals surface area (Å²) in [4.78, 5) is 0. The molecule has 2 aromatic rings. The van der Waals surface area contributed by atoms with Crippen LogP contribution in [-0.4, -0.2) is 6.04 Å². The first-order valence-corrected chi connectivity index (χ1v) is 7.22. The largest absolute Gasteiger partial charge is 0.484 e. The molecular weight excluding hydrogens is 270 g/mol. The van der Waals surface area contributed by atoms with Crippen molar-refractivity contribution in [2.45, 2.75) is 32.4 Å². The van der Waals surface area contributed by atoms with Crippen LogP contribution in [0.3, 0.4) is 0 Å². The average molecular weight is 290 g/mol. The lowest BCUT2D eigenvalue weighted by atomic mass is 9.99. The Kier molecular flexibility index (Phi) is 5.05. The number of hydrogen-bond donors (Lipinski definition) is 1. The molecule has 0 amide bonds. The SMILES string of the molecule is CCC(N)C(Oc1cccc(Cl)c1)c1cccc(C)c1. The van der Waals surface area contributed by atoms with E-state index in [2.05, 4.69) is 32.0 Å². The third-order valence-corrected chi connectivity index (χ3v) is 3.53. The second-order valence-electron chi connectivity index (χ2n) is 4.98. The van der Waals surface area contributed by atoms with Crippen molar-refractivity contribution >= 4 is 11.6 Å². The van der Waals surface area contributed by atoms with Crippen molar-refractivity contribution in [3.8, 4) is 5.75 Å². The first kappa shape index (κ1) is 14.9. The third kappa shape index (κ3) is 3.75. The minimum Gasteiger partial charge on any atom is -0.484 e. The van der Waals surface area contributed by atoms with Gasteiger partial charge in [0, 0.05) is 11.1 Å². The zero-order valence-corrected chi connectivity index (χ0v) is 12.6. The highest BCUT2D eigenvalue weighted by atomic mass is 35.5. The molecule has 106 valence electrons. The van der Waals surface area contributed by atoms with Gasteiger partial charge in [-0.3, -0.25) is 0 Å². The predicted molar refractivity (Wildman–Crippen MR) is 84.3 cm³/mol. The average Bonchev–Trinajstić information content (AvgIpc) is 2.44. The molecule has 0 saturated carbocycles. The highest BCUT2D eigenvalue weighted by Gasteiger charge is 2.20. The van der Waals surface area contributed by atoms with E-state index >= 15 is 0 Å². The maximum atomic E-state index is 6.23. The van der Waals surface area contributed by atoms with Crippen LogP contribution in [0.5, 0.6) is 5.75 Å². The number of nitrogens with two attached hydrogens (primary N) is 1. The lowest BCUT2D eigenvalue weighted by molar-refractivity contribution is 0.171. The van der Waals surface area contributed by atoms with Gasteiger partial charge in [0.05, 0.1) is 0 Å². The zero-order chi connectivity index (χ0) is 14.5. The van der Waals surface area contributed by atoms with E-state index in [0.29, 0.717) is 5.02 Å². The van der Waals surface area contributed by atoms with E-state index in [9.17, 15) is 0 Å². The minimum absolute atomic E-state index is 0.0595. The number of aryl methyl sites for hydroxylation is 1. The van der Waals surface area contributed by atoms with Gasteiger partial charge < -0.3 is 10.5 Å². The number of benzene rings is 2. The molecule has 0 aromatic heterocycles. The van der Waals surface area contributed by atoms with Crippen LogP contribution in [0.4, 0.5) is 0 Å². The number of hydrogen-bond acceptors (Lipinski definition) is 2. The molecule has 0 bridgehead atoms. The lowest BCUT2D eigenvalue weighted by Crippen LogP contribution is -2.31. The molecule has 2 rings (SSSR count). The van der Waals surface area contributed by atoms with Crippen molar-refractivity contribution in [3.05, 3.63) is 64.7 Å². The van der Waals surface area contributed by atoms with Gasteiger partial charge in [-0.2, -0.15) is 0 Å². The second-order valence-corrected chi connectivity index (χ2v) is 5.42.